The Kier molecular flexibility index (Phi) is 13.0. The number of anilines is 1. The molecule has 42 heavy (non-hydrogen) atoms. The number of carbonyl (C=O) groups is 4. The van der Waals surface area contributed by atoms with Crippen LogP contribution in [0.1, 0.15) is 43.6 Å². The first kappa shape index (κ1) is 32.3. The number of aromatic nitrogens is 2. The molecule has 1 fully saturated rings. The zero-order valence-electron chi connectivity index (χ0n) is 23.7. The van der Waals surface area contributed by atoms with E-state index in [1.807, 2.05) is 13.0 Å². The summed E-state index contributed by atoms with van der Waals surface area (Å²) in [6.45, 7) is 5.49. The van der Waals surface area contributed by atoms with Crippen LogP contribution in [0.2, 0.25) is 0 Å². The van der Waals surface area contributed by atoms with Crippen molar-refractivity contribution in [2.45, 2.75) is 39.2 Å². The molecule has 1 aromatic carbocycles. The standard InChI is InChI=1S/C28H35N6O7P/c1-3-5-17-41-28(38)34-15-13-33(14-16-34)27(37)22(19-42-39)31-26(36)21-18-23(29-12-11-24(35)40-4-2)32-25(30-21)20-9-7-6-8-10-20/h6-10,18,22H,3-5,11-17H2,1-2H3,(H,31,36)(H,29,30,32)/t22-/m0/s1. The van der Waals surface area contributed by atoms with E-state index in [1.165, 1.54) is 15.9 Å². The zero-order valence-corrected chi connectivity index (χ0v) is 24.6. The van der Waals surface area contributed by atoms with Crippen molar-refractivity contribution in [1.82, 2.24) is 25.1 Å². The molecule has 0 radical (unpaired) electrons. The van der Waals surface area contributed by atoms with Crippen LogP contribution in [0.5, 0.6) is 0 Å². The summed E-state index contributed by atoms with van der Waals surface area (Å²) in [5.74, 6) is -1.06. The molecule has 0 saturated carbocycles. The van der Waals surface area contributed by atoms with Gasteiger partial charge in [0.1, 0.15) is 0 Å². The summed E-state index contributed by atoms with van der Waals surface area (Å²) in [6, 6.07) is 9.07. The predicted octanol–water partition coefficient (Wildman–Crippen LogP) is 2.94. The van der Waals surface area contributed by atoms with Gasteiger partial charge in [0.15, 0.2) is 0 Å². The van der Waals surface area contributed by atoms with Crippen LogP contribution >= 0.6 is 7.92 Å². The summed E-state index contributed by atoms with van der Waals surface area (Å²) in [4.78, 5) is 62.3. The first-order valence-corrected chi connectivity index (χ1v) is 14.6. The van der Waals surface area contributed by atoms with Gasteiger partial charge in [0.2, 0.25) is 0 Å². The average molecular weight is 599 g/mol. The molecule has 1 aliphatic heterocycles. The number of amides is 3. The van der Waals surface area contributed by atoms with Crippen LogP contribution < -0.4 is 10.6 Å². The van der Waals surface area contributed by atoms with E-state index in [1.54, 1.807) is 31.2 Å². The quantitative estimate of drug-likeness (QED) is 0.211. The Hall–Kier alpha value is -4.21. The van der Waals surface area contributed by atoms with Gasteiger partial charge in [-0.05, 0) is 6.92 Å². The summed E-state index contributed by atoms with van der Waals surface area (Å²) in [6.07, 6.45) is 1.34. The summed E-state index contributed by atoms with van der Waals surface area (Å²) >= 11 is 0. The Morgan fingerprint density at radius 1 is 1.02 bits per heavy atom. The van der Waals surface area contributed by atoms with Crippen LogP contribution in [0, 0.1) is 5.63 Å². The maximum absolute atomic E-state index is 13.3. The fraction of sp³-hybridized carbons (Fsp3) is 0.464. The second-order valence-electron chi connectivity index (χ2n) is 9.22. The van der Waals surface area contributed by atoms with Crippen LogP contribution in [0.3, 0.4) is 0 Å². The number of unbranched alkanes of at least 4 members (excludes halogenated alkanes) is 1. The van der Waals surface area contributed by atoms with E-state index >= 15 is 0 Å². The van der Waals surface area contributed by atoms with E-state index < -0.39 is 31.9 Å². The molecule has 14 heteroatoms. The first-order valence-electron chi connectivity index (χ1n) is 13.8. The van der Waals surface area contributed by atoms with Crippen LogP contribution in [-0.4, -0.2) is 95.6 Å². The molecular weight excluding hydrogens is 563 g/mol. The molecule has 0 spiro atoms. The maximum atomic E-state index is 13.3. The molecule has 0 bridgehead atoms. The van der Waals surface area contributed by atoms with E-state index in [4.69, 9.17) is 9.47 Å². The molecule has 1 saturated heterocycles. The van der Waals surface area contributed by atoms with Crippen LogP contribution in [0.15, 0.2) is 36.4 Å². The molecule has 224 valence electrons. The number of carbonyl (C=O) groups excluding carboxylic acids is 4. The van der Waals surface area contributed by atoms with Gasteiger partial charge in [0.25, 0.3) is 0 Å². The van der Waals surface area contributed by atoms with Crippen molar-refractivity contribution in [3.8, 4) is 17.0 Å². The molecule has 0 aliphatic carbocycles. The van der Waals surface area contributed by atoms with Gasteiger partial charge in [-0.15, -0.1) is 0 Å². The molecule has 2 aromatic rings. The third-order valence-corrected chi connectivity index (χ3v) is 6.57. The van der Waals surface area contributed by atoms with Gasteiger partial charge in [-0.25, -0.2) is 0 Å². The monoisotopic (exact) mass is 598 g/mol. The van der Waals surface area contributed by atoms with Crippen LogP contribution in [0.4, 0.5) is 10.6 Å². The molecular formula is C28H35N6O7P. The third kappa shape index (κ3) is 9.71. The van der Waals surface area contributed by atoms with E-state index in [0.717, 1.165) is 12.8 Å². The normalized spacial score (nSPS) is 13.4. The van der Waals surface area contributed by atoms with Gasteiger partial charge in [-0.1, -0.05) is 6.92 Å². The van der Waals surface area contributed by atoms with Crippen molar-refractivity contribution in [3.05, 3.63) is 42.1 Å². The van der Waals surface area contributed by atoms with Crippen molar-refractivity contribution in [1.29, 1.82) is 0 Å². The number of hydrogen-bond acceptors (Lipinski definition) is 10. The Balaban J connectivity index is 1.71. The van der Waals surface area contributed by atoms with Crippen LogP contribution in [0.25, 0.3) is 11.4 Å². The molecule has 1 aliphatic rings. The first-order chi connectivity index (χ1) is 20.4. The number of benzene rings is 1. The summed E-state index contributed by atoms with van der Waals surface area (Å²) in [7, 11) is -0.566. The van der Waals surface area contributed by atoms with Crippen LogP contribution in [-0.2, 0) is 23.6 Å². The van der Waals surface area contributed by atoms with Crippen molar-refractivity contribution in [3.63, 3.8) is 0 Å². The van der Waals surface area contributed by atoms with E-state index in [0.29, 0.717) is 12.2 Å². The van der Waals surface area contributed by atoms with Gasteiger partial charge >= 0.3 is 225 Å². The van der Waals surface area contributed by atoms with Gasteiger partial charge in [0, 0.05) is 0 Å². The molecule has 1 atom stereocenters. The predicted molar refractivity (Wildman–Crippen MR) is 154 cm³/mol. The van der Waals surface area contributed by atoms with Crippen molar-refractivity contribution in [2.24, 2.45) is 0 Å². The summed E-state index contributed by atoms with van der Waals surface area (Å²) < 4.78 is 21.6. The minimum atomic E-state index is -1.32. The van der Waals surface area contributed by atoms with E-state index in [-0.39, 0.29) is 69.1 Å². The van der Waals surface area contributed by atoms with Crippen molar-refractivity contribution < 1.29 is 33.2 Å². The van der Waals surface area contributed by atoms with Gasteiger partial charge in [-0.3, -0.25) is 0 Å². The second-order valence-corrected chi connectivity index (χ2v) is 9.66. The number of hydrogen-bond donors (Lipinski definition) is 2. The summed E-state index contributed by atoms with van der Waals surface area (Å²) in [5.41, 5.74) is 3.04. The zero-order chi connectivity index (χ0) is 30.3. The minimum absolute atomic E-state index is 0.0516. The average Bonchev–Trinajstić information content (AvgIpc) is 3.01. The number of nitrogens with zero attached hydrogens (tertiary/aromatic N) is 4. The number of piperazine rings is 1. The number of rotatable bonds is 12. The number of ether oxygens (including phenoxy) is 2. The SMILES string of the molecule is CCCCOC(=O)N1CCN(C(=O)[C@H](C#P=O)NC(=O)c2cc(NCCC(=O)OCC)nc(-c3ccccc3)n2)CC1. The van der Waals surface area contributed by atoms with E-state index in [2.05, 4.69) is 26.2 Å². The molecule has 2 N–H and O–H groups in total. The molecule has 2 heterocycles. The molecule has 1 aromatic heterocycles. The Labute approximate surface area is 245 Å². The second kappa shape index (κ2) is 16.9. The molecule has 3 rings (SSSR count). The van der Waals surface area contributed by atoms with E-state index in [9.17, 15) is 23.7 Å². The molecule has 3 amide bonds. The molecule has 0 unspecified atom stereocenters. The van der Waals surface area contributed by atoms with Gasteiger partial charge in [-0.2, -0.15) is 0 Å². The Bertz CT molecular complexity index is 1350. The fourth-order valence-corrected chi connectivity index (χ4v) is 4.27. The van der Waals surface area contributed by atoms with Gasteiger partial charge < -0.3 is 0 Å². The fourth-order valence-electron chi connectivity index (χ4n) is 3.99. The Morgan fingerprint density at radius 3 is 2.40 bits per heavy atom. The van der Waals surface area contributed by atoms with Crippen molar-refractivity contribution >= 4 is 37.6 Å². The number of nitrogens with one attached hydrogen (secondary N) is 2. The van der Waals surface area contributed by atoms with Gasteiger partial charge in [0.05, 0.1) is 6.61 Å². The molecule has 13 nitrogen and oxygen atoms in total. The Morgan fingerprint density at radius 2 is 1.74 bits per heavy atom. The topological polar surface area (TPSA) is 160 Å². The summed E-state index contributed by atoms with van der Waals surface area (Å²) in [5, 5.41) is 5.56. The third-order valence-electron chi connectivity index (χ3n) is 6.21. The number of esters is 1. The van der Waals surface area contributed by atoms with Crippen molar-refractivity contribution in [2.75, 3.05) is 51.3 Å².